The van der Waals surface area contributed by atoms with E-state index >= 15 is 0 Å². The van der Waals surface area contributed by atoms with Crippen LogP contribution in [0.25, 0.3) is 0 Å². The van der Waals surface area contributed by atoms with E-state index < -0.39 is 12.4 Å². The summed E-state index contributed by atoms with van der Waals surface area (Å²) in [6, 6.07) is 5.54. The minimum Gasteiger partial charge on any atom is -0.459 e. The van der Waals surface area contributed by atoms with Crippen molar-refractivity contribution >= 4 is 5.97 Å². The molecule has 0 amide bonds. The maximum absolute atomic E-state index is 12.3. The molecule has 0 aliphatic carbocycles. The Morgan fingerprint density at radius 2 is 2.20 bits per heavy atom. The maximum atomic E-state index is 12.3. The molecule has 0 fully saturated rings. The lowest BCUT2D eigenvalue weighted by Crippen LogP contribution is -1.94. The van der Waals surface area contributed by atoms with Gasteiger partial charge in [0.05, 0.1) is 7.11 Å². The van der Waals surface area contributed by atoms with Crippen molar-refractivity contribution in [2.24, 2.45) is 0 Å². The van der Waals surface area contributed by atoms with E-state index in [1.165, 1.54) is 25.3 Å². The molecule has 0 radical (unpaired) electrons. The van der Waals surface area contributed by atoms with Gasteiger partial charge in [-0.2, -0.15) is 0 Å². The Kier molecular flexibility index (Phi) is 3.81. The molecule has 0 aliphatic rings. The minimum atomic E-state index is -2.54. The second kappa shape index (κ2) is 5.11. The largest absolute Gasteiger partial charge is 0.459 e. The topological polar surface area (TPSA) is 26.3 Å². The number of carbonyl (C=O) groups excluding carboxylic acids is 1. The van der Waals surface area contributed by atoms with Gasteiger partial charge in [0, 0.05) is 17.0 Å². The zero-order valence-corrected chi connectivity index (χ0v) is 7.96. The third-order valence-corrected chi connectivity index (χ3v) is 1.63. The Bertz CT molecular complexity index is 416. The molecule has 0 aromatic heterocycles. The highest BCUT2D eigenvalue weighted by molar-refractivity contribution is 5.88. The van der Waals surface area contributed by atoms with Gasteiger partial charge in [-0.15, -0.1) is 0 Å². The van der Waals surface area contributed by atoms with Crippen molar-refractivity contribution in [2.45, 2.75) is 6.43 Å². The fourth-order valence-electron chi connectivity index (χ4n) is 0.926. The highest BCUT2D eigenvalue weighted by atomic mass is 19.3. The second-order valence-corrected chi connectivity index (χ2v) is 2.67. The summed E-state index contributed by atoms with van der Waals surface area (Å²) in [7, 11) is 1.20. The molecule has 15 heavy (non-hydrogen) atoms. The molecule has 0 spiro atoms. The number of hydrogen-bond donors (Lipinski definition) is 0. The molecule has 0 unspecified atom stereocenters. The first-order valence-corrected chi connectivity index (χ1v) is 4.11. The third kappa shape index (κ3) is 3.39. The molecule has 2 nitrogen and oxygen atoms in total. The van der Waals surface area contributed by atoms with Crippen LogP contribution in [0.4, 0.5) is 8.78 Å². The normalized spacial score (nSPS) is 9.33. The number of halogens is 2. The van der Waals surface area contributed by atoms with E-state index in [1.807, 2.05) is 0 Å². The van der Waals surface area contributed by atoms with Gasteiger partial charge in [0.1, 0.15) is 0 Å². The van der Waals surface area contributed by atoms with Gasteiger partial charge in [0.2, 0.25) is 0 Å². The van der Waals surface area contributed by atoms with Crippen molar-refractivity contribution < 1.29 is 18.3 Å². The number of rotatable bonds is 1. The maximum Gasteiger partial charge on any atom is 0.384 e. The summed E-state index contributed by atoms with van der Waals surface area (Å²) >= 11 is 0. The van der Waals surface area contributed by atoms with Crippen LogP contribution in [0.5, 0.6) is 0 Å². The minimum absolute atomic E-state index is 0.119. The summed E-state index contributed by atoms with van der Waals surface area (Å²) in [5.74, 6) is 3.89. The lowest BCUT2D eigenvalue weighted by molar-refractivity contribution is -0.133. The van der Waals surface area contributed by atoms with Crippen molar-refractivity contribution in [3.8, 4) is 11.8 Å². The molecule has 0 aliphatic heterocycles. The quantitative estimate of drug-likeness (QED) is 0.524. The fraction of sp³-hybridized carbons (Fsp3) is 0.182. The number of esters is 1. The zero-order chi connectivity index (χ0) is 11.3. The van der Waals surface area contributed by atoms with Crippen LogP contribution in [-0.2, 0) is 9.53 Å². The Labute approximate surface area is 85.9 Å². The van der Waals surface area contributed by atoms with Crippen molar-refractivity contribution in [3.63, 3.8) is 0 Å². The summed E-state index contributed by atoms with van der Waals surface area (Å²) < 4.78 is 28.8. The molecule has 0 saturated heterocycles. The Morgan fingerprint density at radius 3 is 2.80 bits per heavy atom. The predicted molar refractivity (Wildman–Crippen MR) is 50.3 cm³/mol. The van der Waals surface area contributed by atoms with Gasteiger partial charge in [-0.25, -0.2) is 13.6 Å². The van der Waals surface area contributed by atoms with Crippen LogP contribution in [0.2, 0.25) is 0 Å². The Morgan fingerprint density at radius 1 is 1.47 bits per heavy atom. The highest BCUT2D eigenvalue weighted by Crippen LogP contribution is 2.18. The number of methoxy groups -OCH3 is 1. The highest BCUT2D eigenvalue weighted by Gasteiger charge is 2.05. The van der Waals surface area contributed by atoms with Gasteiger partial charge in [-0.1, -0.05) is 18.1 Å². The van der Waals surface area contributed by atoms with E-state index in [2.05, 4.69) is 16.6 Å². The van der Waals surface area contributed by atoms with Gasteiger partial charge in [-0.05, 0) is 12.1 Å². The van der Waals surface area contributed by atoms with E-state index in [-0.39, 0.29) is 5.56 Å². The average molecular weight is 210 g/mol. The molecule has 4 heteroatoms. The molecular formula is C11H8F2O2. The van der Waals surface area contributed by atoms with Gasteiger partial charge in [0.25, 0.3) is 6.43 Å². The molecule has 1 rings (SSSR count). The van der Waals surface area contributed by atoms with Crippen LogP contribution in [0, 0.1) is 11.8 Å². The first-order chi connectivity index (χ1) is 7.13. The number of benzene rings is 1. The lowest BCUT2D eigenvalue weighted by Gasteiger charge is -1.98. The summed E-state index contributed by atoms with van der Waals surface area (Å²) in [6.07, 6.45) is -2.54. The van der Waals surface area contributed by atoms with Crippen LogP contribution in [-0.4, -0.2) is 13.1 Å². The van der Waals surface area contributed by atoms with Crippen LogP contribution < -0.4 is 0 Å². The smallest absolute Gasteiger partial charge is 0.384 e. The van der Waals surface area contributed by atoms with E-state index in [1.54, 1.807) is 6.07 Å². The summed E-state index contributed by atoms with van der Waals surface area (Å²) in [6.45, 7) is 0. The van der Waals surface area contributed by atoms with Gasteiger partial charge in [0.15, 0.2) is 0 Å². The monoisotopic (exact) mass is 210 g/mol. The molecule has 0 atom stereocenters. The van der Waals surface area contributed by atoms with E-state index in [4.69, 9.17) is 0 Å². The van der Waals surface area contributed by atoms with Crippen LogP contribution in [0.1, 0.15) is 17.6 Å². The first kappa shape index (κ1) is 11.2. The van der Waals surface area contributed by atoms with Crippen LogP contribution in [0.3, 0.4) is 0 Å². The zero-order valence-electron chi connectivity index (χ0n) is 7.96. The molecular weight excluding hydrogens is 202 g/mol. The molecule has 0 N–H and O–H groups in total. The van der Waals surface area contributed by atoms with Gasteiger partial charge in [-0.3, -0.25) is 0 Å². The standard InChI is InChI=1S/C11H8F2O2/c1-15-10(14)6-5-8-3-2-4-9(7-8)11(12)13/h2-4,7,11H,1H3. The molecule has 78 valence electrons. The molecule has 1 aromatic rings. The first-order valence-electron chi connectivity index (χ1n) is 4.11. The molecule has 0 saturated carbocycles. The van der Waals surface area contributed by atoms with E-state index in [9.17, 15) is 13.6 Å². The summed E-state index contributed by atoms with van der Waals surface area (Å²) in [4.78, 5) is 10.7. The average Bonchev–Trinajstić information content (AvgIpc) is 2.26. The van der Waals surface area contributed by atoms with Crippen molar-refractivity contribution in [3.05, 3.63) is 35.4 Å². The van der Waals surface area contributed by atoms with Crippen molar-refractivity contribution in [2.75, 3.05) is 7.11 Å². The van der Waals surface area contributed by atoms with Crippen LogP contribution in [0.15, 0.2) is 24.3 Å². The second-order valence-electron chi connectivity index (χ2n) is 2.67. The molecule has 1 aromatic carbocycles. The molecule has 0 heterocycles. The number of alkyl halides is 2. The Balaban J connectivity index is 2.90. The van der Waals surface area contributed by atoms with Crippen molar-refractivity contribution in [1.29, 1.82) is 0 Å². The summed E-state index contributed by atoms with van der Waals surface area (Å²) in [5.41, 5.74) is 0.241. The predicted octanol–water partition coefficient (Wildman–Crippen LogP) is 2.15. The number of hydrogen-bond acceptors (Lipinski definition) is 2. The third-order valence-electron chi connectivity index (χ3n) is 1.63. The SMILES string of the molecule is COC(=O)C#Cc1cccc(C(F)F)c1. The van der Waals surface area contributed by atoms with Gasteiger partial charge >= 0.3 is 5.97 Å². The summed E-state index contributed by atoms with van der Waals surface area (Å²) in [5, 5.41) is 0. The van der Waals surface area contributed by atoms with E-state index in [0.29, 0.717) is 5.56 Å². The van der Waals surface area contributed by atoms with Crippen LogP contribution >= 0.6 is 0 Å². The number of ether oxygens (including phenoxy) is 1. The number of carbonyl (C=O) groups is 1. The fourth-order valence-corrected chi connectivity index (χ4v) is 0.926. The Hall–Kier alpha value is -1.89. The van der Waals surface area contributed by atoms with E-state index in [0.717, 1.165) is 0 Å². The van der Waals surface area contributed by atoms with Gasteiger partial charge < -0.3 is 4.74 Å². The molecule has 0 bridgehead atoms. The lowest BCUT2D eigenvalue weighted by atomic mass is 10.1. The van der Waals surface area contributed by atoms with Crippen molar-refractivity contribution in [1.82, 2.24) is 0 Å².